The van der Waals surface area contributed by atoms with Gasteiger partial charge in [-0.2, -0.15) is 0 Å². The van der Waals surface area contributed by atoms with Crippen LogP contribution in [-0.4, -0.2) is 16.5 Å². The van der Waals surface area contributed by atoms with E-state index in [0.29, 0.717) is 16.7 Å². The molecule has 0 saturated heterocycles. The van der Waals surface area contributed by atoms with Crippen LogP contribution in [0.3, 0.4) is 0 Å². The number of nitrogens with zero attached hydrogens (tertiary/aromatic N) is 2. The second-order valence-electron chi connectivity index (χ2n) is 3.89. The summed E-state index contributed by atoms with van der Waals surface area (Å²) in [4.78, 5) is 7.81. The van der Waals surface area contributed by atoms with Crippen molar-refractivity contribution >= 4 is 23.1 Å². The molecule has 0 aliphatic heterocycles. The third-order valence-electron chi connectivity index (χ3n) is 2.09. The largest absolute Gasteiger partial charge is 0.393 e. The Kier molecular flexibility index (Phi) is 4.62. The normalized spacial score (nSPS) is 10.7. The summed E-state index contributed by atoms with van der Waals surface area (Å²) in [6.07, 6.45) is 3.69. The Morgan fingerprint density at radius 1 is 1.47 bits per heavy atom. The molecule has 15 heavy (non-hydrogen) atoms. The van der Waals surface area contributed by atoms with Crippen molar-refractivity contribution in [1.82, 2.24) is 9.97 Å². The van der Waals surface area contributed by atoms with E-state index in [2.05, 4.69) is 29.1 Å². The third-order valence-corrected chi connectivity index (χ3v) is 2.39. The Morgan fingerprint density at radius 2 is 2.20 bits per heavy atom. The number of halogens is 1. The van der Waals surface area contributed by atoms with E-state index >= 15 is 0 Å². The highest BCUT2D eigenvalue weighted by molar-refractivity contribution is 6.32. The number of rotatable bonds is 5. The van der Waals surface area contributed by atoms with E-state index in [4.69, 9.17) is 17.3 Å². The van der Waals surface area contributed by atoms with E-state index < -0.39 is 0 Å². The molecule has 0 spiro atoms. The minimum Gasteiger partial charge on any atom is -0.393 e. The average molecular weight is 229 g/mol. The molecule has 84 valence electrons. The maximum atomic E-state index is 5.76. The quantitative estimate of drug-likeness (QED) is 0.601. The van der Waals surface area contributed by atoms with Crippen molar-refractivity contribution in [3.63, 3.8) is 0 Å². The van der Waals surface area contributed by atoms with Gasteiger partial charge in [-0.25, -0.2) is 9.97 Å². The van der Waals surface area contributed by atoms with Crippen LogP contribution in [0.5, 0.6) is 0 Å². The summed E-state index contributed by atoms with van der Waals surface area (Å²) in [5, 5.41) is 3.45. The zero-order chi connectivity index (χ0) is 11.3. The highest BCUT2D eigenvalue weighted by atomic mass is 35.5. The topological polar surface area (TPSA) is 63.8 Å². The van der Waals surface area contributed by atoms with Gasteiger partial charge in [-0.15, -0.1) is 0 Å². The van der Waals surface area contributed by atoms with Crippen LogP contribution >= 0.6 is 11.6 Å². The summed E-state index contributed by atoms with van der Waals surface area (Å²) >= 11 is 5.76. The van der Waals surface area contributed by atoms with Crippen LogP contribution in [0.4, 0.5) is 11.5 Å². The molecule has 1 rings (SSSR count). The van der Waals surface area contributed by atoms with Gasteiger partial charge < -0.3 is 11.1 Å². The van der Waals surface area contributed by atoms with Crippen molar-refractivity contribution in [2.45, 2.75) is 26.7 Å². The monoisotopic (exact) mass is 228 g/mol. The Bertz CT molecular complexity index is 314. The van der Waals surface area contributed by atoms with Gasteiger partial charge >= 0.3 is 0 Å². The number of nitrogen functional groups attached to an aromatic ring is 1. The lowest BCUT2D eigenvalue weighted by Crippen LogP contribution is -2.07. The Hall–Kier alpha value is -1.03. The molecule has 0 bridgehead atoms. The zero-order valence-corrected chi connectivity index (χ0v) is 9.88. The van der Waals surface area contributed by atoms with E-state index in [1.54, 1.807) is 0 Å². The average Bonchev–Trinajstić information content (AvgIpc) is 2.18. The lowest BCUT2D eigenvalue weighted by molar-refractivity contribution is 0.566. The molecule has 1 aromatic heterocycles. The smallest absolute Gasteiger partial charge is 0.157 e. The molecule has 0 amide bonds. The molecule has 0 aliphatic carbocycles. The molecule has 4 nitrogen and oxygen atoms in total. The van der Waals surface area contributed by atoms with Gasteiger partial charge in [0, 0.05) is 6.54 Å². The minimum absolute atomic E-state index is 0.302. The standard InChI is InChI=1S/C10H17ClN4/c1-7(2)4-3-5-13-10-8(12)9(11)14-6-15-10/h6-7H,3-5,12H2,1-2H3,(H,13,14,15). The molecule has 0 aromatic carbocycles. The number of aromatic nitrogens is 2. The molecule has 0 fully saturated rings. The fourth-order valence-electron chi connectivity index (χ4n) is 1.23. The molecule has 0 saturated carbocycles. The predicted molar refractivity (Wildman–Crippen MR) is 64.0 cm³/mol. The summed E-state index contributed by atoms with van der Waals surface area (Å²) < 4.78 is 0. The van der Waals surface area contributed by atoms with Gasteiger partial charge in [0.1, 0.15) is 12.0 Å². The van der Waals surface area contributed by atoms with Gasteiger partial charge in [0.05, 0.1) is 0 Å². The molecule has 3 N–H and O–H groups in total. The fourth-order valence-corrected chi connectivity index (χ4v) is 1.37. The first-order valence-electron chi connectivity index (χ1n) is 5.11. The van der Waals surface area contributed by atoms with Crippen molar-refractivity contribution < 1.29 is 0 Å². The summed E-state index contributed by atoms with van der Waals surface area (Å²) in [6, 6.07) is 0. The van der Waals surface area contributed by atoms with E-state index in [1.807, 2.05) is 0 Å². The summed E-state index contributed by atoms with van der Waals surface area (Å²) in [5.41, 5.74) is 6.13. The van der Waals surface area contributed by atoms with Crippen molar-refractivity contribution in [3.8, 4) is 0 Å². The molecule has 0 unspecified atom stereocenters. The molecular formula is C10H17ClN4. The molecule has 1 aromatic rings. The molecule has 0 aliphatic rings. The predicted octanol–water partition coefficient (Wildman–Crippen LogP) is 2.56. The van der Waals surface area contributed by atoms with E-state index in [1.165, 1.54) is 12.7 Å². The Labute approximate surface area is 95.3 Å². The van der Waals surface area contributed by atoms with Gasteiger partial charge in [0.25, 0.3) is 0 Å². The summed E-state index contributed by atoms with van der Waals surface area (Å²) in [6.45, 7) is 5.27. The summed E-state index contributed by atoms with van der Waals surface area (Å²) in [7, 11) is 0. The van der Waals surface area contributed by atoms with Crippen LogP contribution in [0.15, 0.2) is 6.33 Å². The van der Waals surface area contributed by atoms with E-state index in [9.17, 15) is 0 Å². The molecule has 1 heterocycles. The molecule has 0 radical (unpaired) electrons. The van der Waals surface area contributed by atoms with Crippen LogP contribution in [-0.2, 0) is 0 Å². The number of anilines is 2. The third kappa shape index (κ3) is 3.91. The van der Waals surface area contributed by atoms with Crippen molar-refractivity contribution in [2.24, 2.45) is 5.92 Å². The lowest BCUT2D eigenvalue weighted by atomic mass is 10.1. The number of hydrogen-bond donors (Lipinski definition) is 2. The zero-order valence-electron chi connectivity index (χ0n) is 9.13. The maximum Gasteiger partial charge on any atom is 0.157 e. The Balaban J connectivity index is 2.41. The highest BCUT2D eigenvalue weighted by Gasteiger charge is 2.04. The van der Waals surface area contributed by atoms with Gasteiger partial charge in [0.2, 0.25) is 0 Å². The van der Waals surface area contributed by atoms with Crippen molar-refractivity contribution in [1.29, 1.82) is 0 Å². The van der Waals surface area contributed by atoms with Gasteiger partial charge in [0.15, 0.2) is 11.0 Å². The van der Waals surface area contributed by atoms with Gasteiger partial charge in [-0.1, -0.05) is 25.4 Å². The summed E-state index contributed by atoms with van der Waals surface area (Å²) in [5.74, 6) is 1.34. The van der Waals surface area contributed by atoms with Crippen molar-refractivity contribution in [3.05, 3.63) is 11.5 Å². The van der Waals surface area contributed by atoms with Crippen LogP contribution in [0.25, 0.3) is 0 Å². The number of nitrogens with two attached hydrogens (primary N) is 1. The Morgan fingerprint density at radius 3 is 2.87 bits per heavy atom. The fraction of sp³-hybridized carbons (Fsp3) is 0.600. The number of nitrogens with one attached hydrogen (secondary N) is 1. The van der Waals surface area contributed by atoms with Crippen LogP contribution < -0.4 is 11.1 Å². The highest BCUT2D eigenvalue weighted by Crippen LogP contribution is 2.21. The van der Waals surface area contributed by atoms with E-state index in [-0.39, 0.29) is 0 Å². The minimum atomic E-state index is 0.302. The SMILES string of the molecule is CC(C)CCCNc1ncnc(Cl)c1N. The molecule has 0 atom stereocenters. The second-order valence-corrected chi connectivity index (χ2v) is 4.25. The van der Waals surface area contributed by atoms with Gasteiger partial charge in [-0.3, -0.25) is 0 Å². The van der Waals surface area contributed by atoms with Crippen LogP contribution in [0.2, 0.25) is 5.15 Å². The maximum absolute atomic E-state index is 5.76. The number of hydrogen-bond acceptors (Lipinski definition) is 4. The second kappa shape index (κ2) is 5.75. The van der Waals surface area contributed by atoms with Crippen molar-refractivity contribution in [2.75, 3.05) is 17.6 Å². The van der Waals surface area contributed by atoms with Gasteiger partial charge in [-0.05, 0) is 18.8 Å². The lowest BCUT2D eigenvalue weighted by Gasteiger charge is -2.09. The first-order valence-corrected chi connectivity index (χ1v) is 5.49. The van der Waals surface area contributed by atoms with Crippen LogP contribution in [0.1, 0.15) is 26.7 Å². The molecule has 5 heteroatoms. The first-order chi connectivity index (χ1) is 7.11. The molecular weight excluding hydrogens is 212 g/mol. The first kappa shape index (κ1) is 12.0. The van der Waals surface area contributed by atoms with Crippen LogP contribution in [0, 0.1) is 5.92 Å². The van der Waals surface area contributed by atoms with E-state index in [0.717, 1.165) is 18.9 Å².